The van der Waals surface area contributed by atoms with Crippen molar-refractivity contribution >= 4 is 21.2 Å². The van der Waals surface area contributed by atoms with E-state index in [2.05, 4.69) is 25.8 Å². The third-order valence-corrected chi connectivity index (χ3v) is 6.84. The summed E-state index contributed by atoms with van der Waals surface area (Å²) in [6.07, 6.45) is 1.45. The molecule has 126 valence electrons. The molecule has 8 nitrogen and oxygen atoms in total. The van der Waals surface area contributed by atoms with E-state index in [-0.39, 0.29) is 9.96 Å². The van der Waals surface area contributed by atoms with E-state index in [1.807, 2.05) is 0 Å². The molecule has 4 aromatic rings. The zero-order valence-corrected chi connectivity index (χ0v) is 14.3. The molecule has 4 rings (SSSR count). The number of H-pyrrole nitrogens is 1. The van der Waals surface area contributed by atoms with Gasteiger partial charge in [-0.2, -0.15) is 5.21 Å². The molecule has 3 heterocycles. The van der Waals surface area contributed by atoms with Crippen LogP contribution in [0.5, 0.6) is 0 Å². The molecule has 0 atom stereocenters. The van der Waals surface area contributed by atoms with Crippen LogP contribution in [0.1, 0.15) is 5.56 Å². The molecular weight excluding hydrogens is 362 g/mol. The standard InChI is InChI=1S/C15H11N5O3S2/c21-25(22,14-5-4-13(24-14)12-6-7-23-18-12)9-10-2-1-3-11(8-10)15-16-19-20-17-15/h1-8H,9H2,(H,16,17,19,20). The largest absolute Gasteiger partial charge is 0.364 e. The van der Waals surface area contributed by atoms with E-state index >= 15 is 0 Å². The van der Waals surface area contributed by atoms with Crippen molar-refractivity contribution in [3.8, 4) is 22.0 Å². The molecule has 0 aliphatic heterocycles. The van der Waals surface area contributed by atoms with Gasteiger partial charge in [-0.05, 0) is 29.0 Å². The van der Waals surface area contributed by atoms with Crippen LogP contribution >= 0.6 is 11.3 Å². The quantitative estimate of drug-likeness (QED) is 0.571. The lowest BCUT2D eigenvalue weighted by Gasteiger charge is -2.03. The number of thiophene rings is 1. The van der Waals surface area contributed by atoms with Gasteiger partial charge in [-0.25, -0.2) is 8.42 Å². The van der Waals surface area contributed by atoms with Crippen LogP contribution in [0.25, 0.3) is 22.0 Å². The first-order valence-corrected chi connectivity index (χ1v) is 9.65. The minimum Gasteiger partial charge on any atom is -0.364 e. The van der Waals surface area contributed by atoms with E-state index in [4.69, 9.17) is 4.52 Å². The van der Waals surface area contributed by atoms with Crippen molar-refractivity contribution in [3.63, 3.8) is 0 Å². The van der Waals surface area contributed by atoms with Crippen LogP contribution in [0.15, 0.2) is 57.5 Å². The summed E-state index contributed by atoms with van der Waals surface area (Å²) in [6, 6.07) is 12.1. The number of aromatic amines is 1. The Morgan fingerprint density at radius 3 is 2.84 bits per heavy atom. The second kappa shape index (κ2) is 6.22. The number of hydrogen-bond donors (Lipinski definition) is 1. The fraction of sp³-hybridized carbons (Fsp3) is 0.0667. The van der Waals surface area contributed by atoms with Crippen molar-refractivity contribution < 1.29 is 12.9 Å². The summed E-state index contributed by atoms with van der Waals surface area (Å²) in [4.78, 5) is 0.743. The Labute approximate surface area is 146 Å². The van der Waals surface area contributed by atoms with E-state index < -0.39 is 9.84 Å². The summed E-state index contributed by atoms with van der Waals surface area (Å²) < 4.78 is 30.5. The van der Waals surface area contributed by atoms with E-state index in [0.717, 1.165) is 4.88 Å². The van der Waals surface area contributed by atoms with Gasteiger partial charge in [0.05, 0.1) is 10.6 Å². The van der Waals surface area contributed by atoms with Crippen LogP contribution in [-0.4, -0.2) is 34.2 Å². The van der Waals surface area contributed by atoms with Gasteiger partial charge in [0.2, 0.25) is 5.82 Å². The predicted octanol–water partition coefficient (Wildman–Crippen LogP) is 2.56. The number of sulfone groups is 1. The fourth-order valence-corrected chi connectivity index (χ4v) is 5.03. The zero-order valence-electron chi connectivity index (χ0n) is 12.7. The maximum atomic E-state index is 12.7. The first-order valence-electron chi connectivity index (χ1n) is 7.18. The molecule has 25 heavy (non-hydrogen) atoms. The smallest absolute Gasteiger partial charge is 0.204 e. The molecule has 0 unspecified atom stereocenters. The van der Waals surface area contributed by atoms with Gasteiger partial charge >= 0.3 is 0 Å². The fourth-order valence-electron chi connectivity index (χ4n) is 2.34. The van der Waals surface area contributed by atoms with Crippen LogP contribution in [0.3, 0.4) is 0 Å². The Bertz CT molecular complexity index is 1090. The molecule has 0 aliphatic rings. The van der Waals surface area contributed by atoms with Crippen LogP contribution in [0, 0.1) is 0 Å². The highest BCUT2D eigenvalue weighted by atomic mass is 32.2. The Hall–Kier alpha value is -2.85. The molecule has 0 radical (unpaired) electrons. The summed E-state index contributed by atoms with van der Waals surface area (Å²) in [5.41, 5.74) is 1.97. The van der Waals surface area contributed by atoms with Crippen LogP contribution in [0.4, 0.5) is 0 Å². The first-order chi connectivity index (χ1) is 12.1. The molecule has 0 saturated heterocycles. The van der Waals surface area contributed by atoms with Crippen molar-refractivity contribution in [2.45, 2.75) is 9.96 Å². The third-order valence-electron chi connectivity index (χ3n) is 3.47. The van der Waals surface area contributed by atoms with Gasteiger partial charge in [0.1, 0.15) is 16.2 Å². The van der Waals surface area contributed by atoms with Crippen molar-refractivity contribution in [1.29, 1.82) is 0 Å². The van der Waals surface area contributed by atoms with Crippen molar-refractivity contribution in [2.24, 2.45) is 0 Å². The SMILES string of the molecule is O=S(=O)(Cc1cccc(-c2nn[nH]n2)c1)c1ccc(-c2ccon2)s1. The minimum atomic E-state index is -3.47. The summed E-state index contributed by atoms with van der Waals surface area (Å²) in [6.45, 7) is 0. The first kappa shape index (κ1) is 15.7. The molecule has 0 bridgehead atoms. The Kier molecular flexibility index (Phi) is 3.90. The molecule has 1 aromatic carbocycles. The lowest BCUT2D eigenvalue weighted by Crippen LogP contribution is -2.03. The third kappa shape index (κ3) is 3.21. The lowest BCUT2D eigenvalue weighted by atomic mass is 10.1. The van der Waals surface area contributed by atoms with Crippen LogP contribution in [0.2, 0.25) is 0 Å². The van der Waals surface area contributed by atoms with E-state index in [1.165, 1.54) is 17.6 Å². The van der Waals surface area contributed by atoms with E-state index in [0.29, 0.717) is 22.6 Å². The number of rotatable bonds is 5. The monoisotopic (exact) mass is 373 g/mol. The summed E-state index contributed by atoms with van der Waals surface area (Å²) in [5, 5.41) is 17.5. The molecule has 3 aromatic heterocycles. The zero-order chi connectivity index (χ0) is 17.3. The normalized spacial score (nSPS) is 11.7. The van der Waals surface area contributed by atoms with Gasteiger partial charge in [-0.15, -0.1) is 21.5 Å². The molecule has 0 spiro atoms. The number of hydrogen-bond acceptors (Lipinski definition) is 8. The highest BCUT2D eigenvalue weighted by Gasteiger charge is 2.19. The van der Waals surface area contributed by atoms with Gasteiger partial charge in [0.25, 0.3) is 0 Å². The average Bonchev–Trinajstić information content (AvgIpc) is 3.35. The molecule has 1 N–H and O–H groups in total. The lowest BCUT2D eigenvalue weighted by molar-refractivity contribution is 0.422. The highest BCUT2D eigenvalue weighted by molar-refractivity contribution is 7.92. The number of nitrogens with zero attached hydrogens (tertiary/aromatic N) is 4. The number of tetrazole rings is 1. The maximum absolute atomic E-state index is 12.7. The summed E-state index contributed by atoms with van der Waals surface area (Å²) in [5.74, 6) is 0.306. The van der Waals surface area contributed by atoms with Gasteiger partial charge in [0.15, 0.2) is 9.84 Å². The topological polar surface area (TPSA) is 115 Å². The maximum Gasteiger partial charge on any atom is 0.204 e. The number of benzene rings is 1. The van der Waals surface area contributed by atoms with Crippen LogP contribution < -0.4 is 0 Å². The minimum absolute atomic E-state index is 0.114. The predicted molar refractivity (Wildman–Crippen MR) is 90.3 cm³/mol. The average molecular weight is 373 g/mol. The van der Waals surface area contributed by atoms with Gasteiger partial charge < -0.3 is 4.52 Å². The highest BCUT2D eigenvalue weighted by Crippen LogP contribution is 2.31. The molecule has 0 saturated carbocycles. The van der Waals surface area contributed by atoms with Crippen LogP contribution in [-0.2, 0) is 15.6 Å². The van der Waals surface area contributed by atoms with Gasteiger partial charge in [-0.1, -0.05) is 23.4 Å². The Morgan fingerprint density at radius 1 is 1.16 bits per heavy atom. The van der Waals surface area contributed by atoms with Gasteiger partial charge in [0, 0.05) is 11.6 Å². The molecule has 0 amide bonds. The Morgan fingerprint density at radius 2 is 2.08 bits per heavy atom. The molecule has 10 heteroatoms. The second-order valence-corrected chi connectivity index (χ2v) is 8.50. The second-order valence-electron chi connectivity index (χ2n) is 5.20. The molecule has 0 fully saturated rings. The molecular formula is C15H11N5O3S2. The summed E-state index contributed by atoms with van der Waals surface area (Å²) in [7, 11) is -3.47. The van der Waals surface area contributed by atoms with Crippen molar-refractivity contribution in [3.05, 3.63) is 54.3 Å². The number of aromatic nitrogens is 5. The van der Waals surface area contributed by atoms with E-state index in [9.17, 15) is 8.42 Å². The summed E-state index contributed by atoms with van der Waals surface area (Å²) >= 11 is 1.17. The van der Waals surface area contributed by atoms with Gasteiger partial charge in [-0.3, -0.25) is 0 Å². The van der Waals surface area contributed by atoms with Crippen molar-refractivity contribution in [2.75, 3.05) is 0 Å². The van der Waals surface area contributed by atoms with Crippen molar-refractivity contribution in [1.82, 2.24) is 25.8 Å². The number of nitrogens with one attached hydrogen (secondary N) is 1. The van der Waals surface area contributed by atoms with E-state index in [1.54, 1.807) is 42.5 Å². The molecule has 0 aliphatic carbocycles. The Balaban J connectivity index is 1.61.